The number of allylic oxidation sites excluding steroid dienone is 2. The first-order chi connectivity index (χ1) is 9.58. The maximum absolute atomic E-state index is 12.5. The van der Waals surface area contributed by atoms with E-state index in [2.05, 4.69) is 0 Å². The molecule has 0 saturated carbocycles. The third kappa shape index (κ3) is 3.61. The van der Waals surface area contributed by atoms with Crippen molar-refractivity contribution < 1.29 is 14.7 Å². The van der Waals surface area contributed by atoms with Crippen molar-refractivity contribution in [3.05, 3.63) is 41.4 Å². The third-order valence-electron chi connectivity index (χ3n) is 3.30. The summed E-state index contributed by atoms with van der Waals surface area (Å²) in [5.74, 6) is -1.35. The molecule has 106 valence electrons. The minimum absolute atomic E-state index is 0.154. The average molecular weight is 294 g/mol. The fraction of sp³-hybridized carbons (Fsp3) is 0.333. The predicted octanol–water partition coefficient (Wildman–Crippen LogP) is 3.11. The molecule has 0 radical (unpaired) electrons. The number of carboxylic acids is 1. The second kappa shape index (κ2) is 6.57. The zero-order chi connectivity index (χ0) is 14.5. The number of rotatable bonds is 4. The molecule has 5 heteroatoms. The molecular weight excluding hydrogens is 278 g/mol. The SMILES string of the molecule is O=C(O)CN(C(=O)C1CC=CCC1)c1cccc(Cl)c1. The highest BCUT2D eigenvalue weighted by Crippen LogP contribution is 2.25. The van der Waals surface area contributed by atoms with Crippen LogP contribution in [0.2, 0.25) is 5.02 Å². The number of halogens is 1. The summed E-state index contributed by atoms with van der Waals surface area (Å²) in [7, 11) is 0. The highest BCUT2D eigenvalue weighted by Gasteiger charge is 2.27. The van der Waals surface area contributed by atoms with Crippen molar-refractivity contribution in [1.29, 1.82) is 0 Å². The highest BCUT2D eigenvalue weighted by atomic mass is 35.5. The molecule has 1 amide bonds. The summed E-state index contributed by atoms with van der Waals surface area (Å²) in [6.07, 6.45) is 6.29. The molecule has 1 aromatic rings. The van der Waals surface area contributed by atoms with E-state index in [9.17, 15) is 9.59 Å². The van der Waals surface area contributed by atoms with Gasteiger partial charge >= 0.3 is 5.97 Å². The number of carbonyl (C=O) groups is 2. The molecule has 20 heavy (non-hydrogen) atoms. The Morgan fingerprint density at radius 3 is 2.75 bits per heavy atom. The van der Waals surface area contributed by atoms with Gasteiger partial charge in [-0.15, -0.1) is 0 Å². The van der Waals surface area contributed by atoms with Gasteiger partial charge in [0.25, 0.3) is 0 Å². The lowest BCUT2D eigenvalue weighted by Gasteiger charge is -2.26. The van der Waals surface area contributed by atoms with E-state index in [-0.39, 0.29) is 18.4 Å². The molecule has 1 aliphatic carbocycles. The van der Waals surface area contributed by atoms with E-state index in [0.29, 0.717) is 17.1 Å². The van der Waals surface area contributed by atoms with E-state index < -0.39 is 5.97 Å². The quantitative estimate of drug-likeness (QED) is 0.868. The van der Waals surface area contributed by atoms with Crippen LogP contribution < -0.4 is 4.90 Å². The summed E-state index contributed by atoms with van der Waals surface area (Å²) in [4.78, 5) is 24.8. The van der Waals surface area contributed by atoms with Gasteiger partial charge in [0, 0.05) is 16.6 Å². The minimum atomic E-state index is -1.04. The zero-order valence-corrected chi connectivity index (χ0v) is 11.7. The highest BCUT2D eigenvalue weighted by molar-refractivity contribution is 6.31. The number of amides is 1. The average Bonchev–Trinajstić information content (AvgIpc) is 2.45. The molecule has 4 nitrogen and oxygen atoms in total. The standard InChI is InChI=1S/C15H16ClNO3/c16-12-7-4-8-13(9-12)17(10-14(18)19)15(20)11-5-2-1-3-6-11/h1-2,4,7-9,11H,3,5-6,10H2,(H,18,19). The fourth-order valence-corrected chi connectivity index (χ4v) is 2.50. The third-order valence-corrected chi connectivity index (χ3v) is 3.53. The molecule has 0 saturated heterocycles. The second-order valence-electron chi connectivity index (χ2n) is 4.78. The molecule has 0 bridgehead atoms. The van der Waals surface area contributed by atoms with Crippen molar-refractivity contribution in [1.82, 2.24) is 0 Å². The van der Waals surface area contributed by atoms with Crippen molar-refractivity contribution in [2.75, 3.05) is 11.4 Å². The molecule has 1 N–H and O–H groups in total. The number of anilines is 1. The molecule has 0 fully saturated rings. The number of nitrogens with zero attached hydrogens (tertiary/aromatic N) is 1. The van der Waals surface area contributed by atoms with Crippen LogP contribution >= 0.6 is 11.6 Å². The lowest BCUT2D eigenvalue weighted by Crippen LogP contribution is -2.40. The van der Waals surface area contributed by atoms with E-state index in [1.807, 2.05) is 12.2 Å². The molecule has 1 aliphatic rings. The summed E-state index contributed by atoms with van der Waals surface area (Å²) in [6, 6.07) is 6.71. The van der Waals surface area contributed by atoms with E-state index >= 15 is 0 Å². The topological polar surface area (TPSA) is 57.6 Å². The van der Waals surface area contributed by atoms with E-state index in [0.717, 1.165) is 12.8 Å². The number of aliphatic carboxylic acids is 1. The molecule has 0 aromatic heterocycles. The van der Waals surface area contributed by atoms with Gasteiger partial charge in [-0.2, -0.15) is 0 Å². The van der Waals surface area contributed by atoms with Crippen molar-refractivity contribution in [3.8, 4) is 0 Å². The Morgan fingerprint density at radius 1 is 1.35 bits per heavy atom. The van der Waals surface area contributed by atoms with Gasteiger partial charge in [0.2, 0.25) is 5.91 Å². The molecule has 1 unspecified atom stereocenters. The molecule has 0 spiro atoms. The Bertz CT molecular complexity index is 542. The summed E-state index contributed by atoms with van der Waals surface area (Å²) in [6.45, 7) is -0.348. The van der Waals surface area contributed by atoms with Crippen LogP contribution in [0.4, 0.5) is 5.69 Å². The first-order valence-electron chi connectivity index (χ1n) is 6.51. The second-order valence-corrected chi connectivity index (χ2v) is 5.22. The van der Waals surface area contributed by atoms with Crippen LogP contribution in [-0.4, -0.2) is 23.5 Å². The van der Waals surface area contributed by atoms with Gasteiger partial charge in [-0.1, -0.05) is 29.8 Å². The Hall–Kier alpha value is -1.81. The summed E-state index contributed by atoms with van der Waals surface area (Å²) in [5, 5.41) is 9.50. The summed E-state index contributed by atoms with van der Waals surface area (Å²) < 4.78 is 0. The largest absolute Gasteiger partial charge is 0.480 e. The first kappa shape index (κ1) is 14.6. The fourth-order valence-electron chi connectivity index (χ4n) is 2.31. The number of carbonyl (C=O) groups excluding carboxylic acids is 1. The number of carboxylic acid groups (broad SMARTS) is 1. The van der Waals surface area contributed by atoms with Crippen LogP contribution in [0.25, 0.3) is 0 Å². The maximum Gasteiger partial charge on any atom is 0.323 e. The molecule has 1 atom stereocenters. The molecule has 0 heterocycles. The molecule has 0 aliphatic heterocycles. The molecule has 2 rings (SSSR count). The van der Waals surface area contributed by atoms with E-state index in [1.54, 1.807) is 24.3 Å². The monoisotopic (exact) mass is 293 g/mol. The molecule has 1 aromatic carbocycles. The number of hydrogen-bond donors (Lipinski definition) is 1. The van der Waals surface area contributed by atoms with Crippen molar-refractivity contribution in [2.24, 2.45) is 5.92 Å². The Balaban J connectivity index is 2.24. The van der Waals surface area contributed by atoms with Crippen LogP contribution in [0.1, 0.15) is 19.3 Å². The van der Waals surface area contributed by atoms with Crippen molar-refractivity contribution in [2.45, 2.75) is 19.3 Å². The van der Waals surface area contributed by atoms with E-state index in [1.165, 1.54) is 4.90 Å². The summed E-state index contributed by atoms with van der Waals surface area (Å²) >= 11 is 5.92. The maximum atomic E-state index is 12.5. The van der Waals surface area contributed by atoms with Crippen LogP contribution in [0.3, 0.4) is 0 Å². The first-order valence-corrected chi connectivity index (χ1v) is 6.89. The van der Waals surface area contributed by atoms with Crippen LogP contribution in [0, 0.1) is 5.92 Å². The van der Waals surface area contributed by atoms with Crippen LogP contribution in [0.15, 0.2) is 36.4 Å². The van der Waals surface area contributed by atoms with Gasteiger partial charge in [-0.25, -0.2) is 0 Å². The Labute approximate surface area is 122 Å². The number of benzene rings is 1. The van der Waals surface area contributed by atoms with Crippen LogP contribution in [0.5, 0.6) is 0 Å². The lowest BCUT2D eigenvalue weighted by atomic mass is 9.93. The smallest absolute Gasteiger partial charge is 0.323 e. The summed E-state index contributed by atoms with van der Waals surface area (Å²) in [5.41, 5.74) is 0.527. The normalized spacial score (nSPS) is 17.8. The van der Waals surface area contributed by atoms with Crippen LogP contribution in [-0.2, 0) is 9.59 Å². The van der Waals surface area contributed by atoms with Gasteiger partial charge in [0.05, 0.1) is 0 Å². The lowest BCUT2D eigenvalue weighted by molar-refractivity contribution is -0.137. The minimum Gasteiger partial charge on any atom is -0.480 e. The van der Waals surface area contributed by atoms with E-state index in [4.69, 9.17) is 16.7 Å². The van der Waals surface area contributed by atoms with Crippen molar-refractivity contribution in [3.63, 3.8) is 0 Å². The van der Waals surface area contributed by atoms with Gasteiger partial charge < -0.3 is 10.0 Å². The Kier molecular flexibility index (Phi) is 4.79. The molecular formula is C15H16ClNO3. The van der Waals surface area contributed by atoms with Gasteiger partial charge in [-0.3, -0.25) is 9.59 Å². The van der Waals surface area contributed by atoms with Gasteiger partial charge in [0.1, 0.15) is 6.54 Å². The van der Waals surface area contributed by atoms with Gasteiger partial charge in [-0.05, 0) is 37.5 Å². The van der Waals surface area contributed by atoms with Gasteiger partial charge in [0.15, 0.2) is 0 Å². The number of hydrogen-bond acceptors (Lipinski definition) is 2. The Morgan fingerprint density at radius 2 is 2.15 bits per heavy atom. The zero-order valence-electron chi connectivity index (χ0n) is 11.0. The predicted molar refractivity (Wildman–Crippen MR) is 77.9 cm³/mol. The van der Waals surface area contributed by atoms with Crippen molar-refractivity contribution >= 4 is 29.2 Å².